The third-order valence-corrected chi connectivity index (χ3v) is 8.74. The van der Waals surface area contributed by atoms with Crippen LogP contribution in [0.15, 0.2) is 46.9 Å². The molecular formula is C26H29BrN2O. The summed E-state index contributed by atoms with van der Waals surface area (Å²) in [6.45, 7) is 3.63. The van der Waals surface area contributed by atoms with E-state index in [4.69, 9.17) is 0 Å². The van der Waals surface area contributed by atoms with Crippen molar-refractivity contribution in [1.29, 1.82) is 0 Å². The van der Waals surface area contributed by atoms with E-state index < -0.39 is 0 Å². The first-order chi connectivity index (χ1) is 14.5. The number of likely N-dealkylation sites (tertiary alicyclic amines) is 1. The highest BCUT2D eigenvalue weighted by Crippen LogP contribution is 2.51. The number of fused-ring (bicyclic) bond motifs is 4. The molecule has 1 aromatic heterocycles. The summed E-state index contributed by atoms with van der Waals surface area (Å²) in [5, 5.41) is 11.7. The van der Waals surface area contributed by atoms with E-state index in [1.165, 1.54) is 65.5 Å². The minimum Gasteiger partial charge on any atom is -0.508 e. The number of hydrogen-bond donors (Lipinski definition) is 1. The van der Waals surface area contributed by atoms with Crippen molar-refractivity contribution in [2.24, 2.45) is 18.9 Å². The lowest BCUT2D eigenvalue weighted by molar-refractivity contribution is 0.0776. The molecule has 2 unspecified atom stereocenters. The van der Waals surface area contributed by atoms with E-state index in [9.17, 15) is 5.11 Å². The van der Waals surface area contributed by atoms with Crippen molar-refractivity contribution in [2.45, 2.75) is 37.5 Å². The van der Waals surface area contributed by atoms with Gasteiger partial charge in [0, 0.05) is 41.1 Å². The van der Waals surface area contributed by atoms with Crippen molar-refractivity contribution in [3.05, 3.63) is 63.8 Å². The van der Waals surface area contributed by atoms with Crippen molar-refractivity contribution in [3.8, 4) is 5.75 Å². The normalized spacial score (nSPS) is 26.5. The van der Waals surface area contributed by atoms with Crippen LogP contribution < -0.4 is 0 Å². The summed E-state index contributed by atoms with van der Waals surface area (Å²) in [6.07, 6.45) is 6.20. The number of rotatable bonds is 3. The maximum atomic E-state index is 10.3. The zero-order valence-corrected chi connectivity index (χ0v) is 19.2. The molecule has 6 rings (SSSR count). The van der Waals surface area contributed by atoms with Gasteiger partial charge < -0.3 is 14.6 Å². The number of benzene rings is 2. The van der Waals surface area contributed by atoms with Crippen molar-refractivity contribution in [1.82, 2.24) is 9.47 Å². The van der Waals surface area contributed by atoms with Crippen LogP contribution in [0.2, 0.25) is 0 Å². The van der Waals surface area contributed by atoms with Crippen LogP contribution in [0.1, 0.15) is 36.1 Å². The Bertz CT molecular complexity index is 1130. The molecule has 2 atom stereocenters. The zero-order chi connectivity index (χ0) is 20.5. The van der Waals surface area contributed by atoms with E-state index in [1.54, 1.807) is 11.6 Å². The molecule has 156 valence electrons. The van der Waals surface area contributed by atoms with Gasteiger partial charge in [0.1, 0.15) is 5.75 Å². The van der Waals surface area contributed by atoms with E-state index >= 15 is 0 Å². The van der Waals surface area contributed by atoms with Crippen LogP contribution in [-0.4, -0.2) is 34.2 Å². The van der Waals surface area contributed by atoms with Gasteiger partial charge in [-0.25, -0.2) is 0 Å². The molecule has 1 N–H and O–H groups in total. The molecule has 1 saturated heterocycles. The Kier molecular flexibility index (Phi) is 4.33. The Balaban J connectivity index is 1.49. The van der Waals surface area contributed by atoms with Crippen molar-refractivity contribution < 1.29 is 5.11 Å². The fourth-order valence-electron chi connectivity index (χ4n) is 6.35. The molecule has 0 spiro atoms. The highest BCUT2D eigenvalue weighted by Gasteiger charge is 2.49. The molecule has 3 nitrogen and oxygen atoms in total. The smallest absolute Gasteiger partial charge is 0.115 e. The van der Waals surface area contributed by atoms with Crippen LogP contribution in [0.5, 0.6) is 5.75 Å². The number of aromatic hydroxyl groups is 1. The number of halogens is 1. The molecule has 2 aromatic carbocycles. The zero-order valence-electron chi connectivity index (χ0n) is 17.6. The summed E-state index contributed by atoms with van der Waals surface area (Å²) in [6, 6.07) is 14.7. The first kappa shape index (κ1) is 18.9. The van der Waals surface area contributed by atoms with Crippen molar-refractivity contribution >= 4 is 26.8 Å². The van der Waals surface area contributed by atoms with Gasteiger partial charge in [-0.2, -0.15) is 0 Å². The average molecular weight is 465 g/mol. The number of aromatic nitrogens is 1. The van der Waals surface area contributed by atoms with Crippen molar-refractivity contribution in [2.75, 3.05) is 19.6 Å². The number of aryl methyl sites for hydroxylation is 1. The van der Waals surface area contributed by atoms with Gasteiger partial charge in [-0.1, -0.05) is 24.3 Å². The van der Waals surface area contributed by atoms with Gasteiger partial charge in [-0.05, 0) is 95.7 Å². The monoisotopic (exact) mass is 464 g/mol. The molecular weight excluding hydrogens is 436 g/mol. The first-order valence-corrected chi connectivity index (χ1v) is 12.1. The van der Waals surface area contributed by atoms with Crippen LogP contribution in [0.4, 0.5) is 0 Å². The van der Waals surface area contributed by atoms with Gasteiger partial charge in [-0.15, -0.1) is 0 Å². The van der Waals surface area contributed by atoms with Gasteiger partial charge >= 0.3 is 0 Å². The first-order valence-electron chi connectivity index (χ1n) is 11.3. The second-order valence-electron chi connectivity index (χ2n) is 9.86. The fourth-order valence-corrected chi connectivity index (χ4v) is 6.98. The van der Waals surface area contributed by atoms with Gasteiger partial charge in [0.15, 0.2) is 0 Å². The number of phenolic OH excluding ortho intramolecular Hbond substituents is 1. The third-order valence-electron chi connectivity index (χ3n) is 8.10. The Morgan fingerprint density at radius 3 is 2.80 bits per heavy atom. The van der Waals surface area contributed by atoms with E-state index in [0.717, 1.165) is 18.8 Å². The van der Waals surface area contributed by atoms with Crippen LogP contribution in [0.25, 0.3) is 10.9 Å². The van der Waals surface area contributed by atoms with Gasteiger partial charge in [0.05, 0.1) is 5.52 Å². The van der Waals surface area contributed by atoms with E-state index in [0.29, 0.717) is 11.7 Å². The molecule has 0 radical (unpaired) electrons. The average Bonchev–Trinajstić information content (AvgIpc) is 3.51. The van der Waals surface area contributed by atoms with Crippen molar-refractivity contribution in [3.63, 3.8) is 0 Å². The summed E-state index contributed by atoms with van der Waals surface area (Å²) in [7, 11) is 2.23. The van der Waals surface area contributed by atoms with Crippen LogP contribution in [0, 0.1) is 11.8 Å². The standard InChI is InChI=1S/C26H29BrN2O/c1-28-24-14-26(18-4-2-5-20(30)12-18)10-11-29(15-17-8-9-17)16-19(26)13-22(24)21-6-3-7-23(27)25(21)28/h2-7,12,17,19,30H,8-11,13-16H2,1H3. The number of para-hydroxylation sites is 1. The molecule has 1 saturated carbocycles. The van der Waals surface area contributed by atoms with E-state index in [2.05, 4.69) is 56.7 Å². The lowest BCUT2D eigenvalue weighted by Crippen LogP contribution is -2.54. The van der Waals surface area contributed by atoms with E-state index in [1.807, 2.05) is 12.1 Å². The maximum absolute atomic E-state index is 10.3. The van der Waals surface area contributed by atoms with Crippen LogP contribution in [0.3, 0.4) is 0 Å². The maximum Gasteiger partial charge on any atom is 0.115 e. The Morgan fingerprint density at radius 2 is 2.00 bits per heavy atom. The molecule has 30 heavy (non-hydrogen) atoms. The van der Waals surface area contributed by atoms with Gasteiger partial charge in [-0.3, -0.25) is 0 Å². The number of hydrogen-bond acceptors (Lipinski definition) is 2. The van der Waals surface area contributed by atoms with Crippen LogP contribution >= 0.6 is 15.9 Å². The minimum atomic E-state index is 0.112. The third kappa shape index (κ3) is 2.87. The largest absolute Gasteiger partial charge is 0.508 e. The lowest BCUT2D eigenvalue weighted by atomic mass is 9.58. The Hall–Kier alpha value is -1.78. The predicted octanol–water partition coefficient (Wildman–Crippen LogP) is 5.41. The van der Waals surface area contributed by atoms with Gasteiger partial charge in [0.25, 0.3) is 0 Å². The molecule has 2 aliphatic carbocycles. The highest BCUT2D eigenvalue weighted by atomic mass is 79.9. The predicted molar refractivity (Wildman–Crippen MR) is 125 cm³/mol. The Morgan fingerprint density at radius 1 is 1.17 bits per heavy atom. The molecule has 4 heteroatoms. The molecule has 2 heterocycles. The minimum absolute atomic E-state index is 0.112. The van der Waals surface area contributed by atoms with E-state index in [-0.39, 0.29) is 5.41 Å². The summed E-state index contributed by atoms with van der Waals surface area (Å²) >= 11 is 3.80. The summed E-state index contributed by atoms with van der Waals surface area (Å²) in [4.78, 5) is 2.73. The topological polar surface area (TPSA) is 28.4 Å². The summed E-state index contributed by atoms with van der Waals surface area (Å²) < 4.78 is 3.60. The second kappa shape index (κ2) is 6.86. The highest BCUT2D eigenvalue weighted by molar-refractivity contribution is 9.10. The second-order valence-corrected chi connectivity index (χ2v) is 10.7. The Labute approximate surface area is 186 Å². The molecule has 1 aliphatic heterocycles. The lowest BCUT2D eigenvalue weighted by Gasteiger charge is -2.51. The van der Waals surface area contributed by atoms with Crippen LogP contribution in [-0.2, 0) is 25.3 Å². The molecule has 3 aromatic rings. The number of nitrogens with zero attached hydrogens (tertiary/aromatic N) is 2. The summed E-state index contributed by atoms with van der Waals surface area (Å²) in [5.74, 6) is 1.92. The molecule has 3 aliphatic rings. The quantitative estimate of drug-likeness (QED) is 0.560. The SMILES string of the molecule is Cn1c2c(c3cccc(Br)c31)CC1CN(CC3CC3)CCC1(c1cccc(O)c1)C2. The molecule has 0 amide bonds. The van der Waals surface area contributed by atoms with Gasteiger partial charge in [0.2, 0.25) is 0 Å². The molecule has 0 bridgehead atoms. The number of piperidine rings is 1. The summed E-state index contributed by atoms with van der Waals surface area (Å²) in [5.41, 5.74) is 5.78. The molecule has 2 fully saturated rings. The number of phenols is 1. The fraction of sp³-hybridized carbons (Fsp3) is 0.462.